The van der Waals surface area contributed by atoms with E-state index in [1.807, 2.05) is 10.8 Å². The lowest BCUT2D eigenvalue weighted by Crippen LogP contribution is -2.09. The molecule has 1 aromatic heterocycles. The summed E-state index contributed by atoms with van der Waals surface area (Å²) in [6.45, 7) is 1.69. The van der Waals surface area contributed by atoms with Gasteiger partial charge in [0.05, 0.1) is 0 Å². The van der Waals surface area contributed by atoms with E-state index < -0.39 is 11.6 Å². The molecular weight excluding hydrogens is 264 g/mol. The molecule has 0 aliphatic carbocycles. The molecule has 0 fully saturated rings. The fraction of sp³-hybridized carbons (Fsp3) is 0.357. The van der Waals surface area contributed by atoms with Gasteiger partial charge in [-0.2, -0.15) is 0 Å². The van der Waals surface area contributed by atoms with Gasteiger partial charge in [-0.15, -0.1) is 0 Å². The quantitative estimate of drug-likeness (QED) is 0.793. The van der Waals surface area contributed by atoms with E-state index in [0.717, 1.165) is 19.0 Å². The second kappa shape index (κ2) is 7.00. The molecule has 1 aromatic carbocycles. The number of hydrogen-bond acceptors (Lipinski definition) is 3. The molecule has 20 heavy (non-hydrogen) atoms. The number of nitrogens with one attached hydrogen (secondary N) is 1. The summed E-state index contributed by atoms with van der Waals surface area (Å²) < 4.78 is 33.2. The fourth-order valence-electron chi connectivity index (χ4n) is 1.88. The van der Waals surface area contributed by atoms with E-state index in [1.54, 1.807) is 13.3 Å². The highest BCUT2D eigenvalue weighted by Gasteiger charge is 2.06. The van der Waals surface area contributed by atoms with Crippen molar-refractivity contribution in [2.75, 3.05) is 19.0 Å². The molecule has 0 aliphatic rings. The van der Waals surface area contributed by atoms with Gasteiger partial charge >= 0.3 is 0 Å². The van der Waals surface area contributed by atoms with Crippen LogP contribution in [0, 0.1) is 11.6 Å². The second-order valence-corrected chi connectivity index (χ2v) is 4.38. The van der Waals surface area contributed by atoms with Crippen molar-refractivity contribution in [1.29, 1.82) is 0 Å². The Bertz CT molecular complexity index is 557. The van der Waals surface area contributed by atoms with Gasteiger partial charge in [0.15, 0.2) is 0 Å². The molecule has 0 atom stereocenters. The zero-order valence-corrected chi connectivity index (χ0v) is 11.3. The molecule has 0 unspecified atom stereocenters. The van der Waals surface area contributed by atoms with Crippen molar-refractivity contribution in [2.45, 2.75) is 19.5 Å². The molecule has 0 spiro atoms. The topological polar surface area (TPSA) is 39.1 Å². The van der Waals surface area contributed by atoms with Crippen molar-refractivity contribution in [3.05, 3.63) is 47.8 Å². The normalized spacial score (nSPS) is 10.8. The standard InChI is InChI=1S/C14H17F2N3O/c1-20-8-2-6-19-7-5-17-14(19)18-10-11-3-4-12(15)9-13(11)16/h3-5,7,9H,2,6,8,10H2,1H3,(H,17,18). The predicted molar refractivity (Wildman–Crippen MR) is 72.4 cm³/mol. The number of methoxy groups -OCH3 is 1. The molecule has 0 amide bonds. The molecule has 2 aromatic rings. The molecule has 0 aliphatic heterocycles. The van der Waals surface area contributed by atoms with E-state index in [-0.39, 0.29) is 6.54 Å². The van der Waals surface area contributed by atoms with Crippen LogP contribution in [0.15, 0.2) is 30.6 Å². The smallest absolute Gasteiger partial charge is 0.203 e. The molecule has 2 rings (SSSR count). The van der Waals surface area contributed by atoms with Gasteiger partial charge in [0.1, 0.15) is 11.6 Å². The van der Waals surface area contributed by atoms with Crippen LogP contribution in [-0.2, 0) is 17.8 Å². The Morgan fingerprint density at radius 3 is 2.95 bits per heavy atom. The number of halogens is 2. The molecule has 1 N–H and O–H groups in total. The minimum Gasteiger partial charge on any atom is -0.385 e. The van der Waals surface area contributed by atoms with Crippen LogP contribution in [0.3, 0.4) is 0 Å². The molecule has 4 nitrogen and oxygen atoms in total. The summed E-state index contributed by atoms with van der Waals surface area (Å²) in [4.78, 5) is 4.17. The monoisotopic (exact) mass is 281 g/mol. The number of aromatic nitrogens is 2. The van der Waals surface area contributed by atoms with E-state index in [0.29, 0.717) is 18.1 Å². The average Bonchev–Trinajstić information content (AvgIpc) is 2.86. The molecular formula is C14H17F2N3O. The summed E-state index contributed by atoms with van der Waals surface area (Å²) in [7, 11) is 1.66. The third-order valence-corrected chi connectivity index (χ3v) is 2.92. The van der Waals surface area contributed by atoms with Gasteiger partial charge in [-0.3, -0.25) is 0 Å². The summed E-state index contributed by atoms with van der Waals surface area (Å²) in [6, 6.07) is 3.54. The maximum atomic E-state index is 13.5. The largest absolute Gasteiger partial charge is 0.385 e. The van der Waals surface area contributed by atoms with E-state index in [1.165, 1.54) is 12.1 Å². The minimum absolute atomic E-state index is 0.257. The molecule has 0 saturated heterocycles. The fourth-order valence-corrected chi connectivity index (χ4v) is 1.88. The first-order valence-electron chi connectivity index (χ1n) is 6.38. The van der Waals surface area contributed by atoms with E-state index in [2.05, 4.69) is 10.3 Å². The van der Waals surface area contributed by atoms with Crippen LogP contribution in [0.5, 0.6) is 0 Å². The van der Waals surface area contributed by atoms with Crippen LogP contribution in [0.4, 0.5) is 14.7 Å². The molecule has 6 heteroatoms. The van der Waals surface area contributed by atoms with E-state index >= 15 is 0 Å². The van der Waals surface area contributed by atoms with Crippen molar-refractivity contribution in [3.63, 3.8) is 0 Å². The lowest BCUT2D eigenvalue weighted by Gasteiger charge is -2.10. The molecule has 108 valence electrons. The van der Waals surface area contributed by atoms with E-state index in [9.17, 15) is 8.78 Å². The number of nitrogens with zero attached hydrogens (tertiary/aromatic N) is 2. The van der Waals surface area contributed by atoms with Gasteiger partial charge < -0.3 is 14.6 Å². The van der Waals surface area contributed by atoms with Gasteiger partial charge in [-0.25, -0.2) is 13.8 Å². The average molecular weight is 281 g/mol. The number of rotatable bonds is 7. The molecule has 1 heterocycles. The number of hydrogen-bond donors (Lipinski definition) is 1. The van der Waals surface area contributed by atoms with Gasteiger partial charge in [-0.05, 0) is 12.5 Å². The first kappa shape index (κ1) is 14.5. The lowest BCUT2D eigenvalue weighted by atomic mass is 10.2. The van der Waals surface area contributed by atoms with Crippen LogP contribution >= 0.6 is 0 Å². The van der Waals surface area contributed by atoms with Crippen molar-refractivity contribution in [1.82, 2.24) is 9.55 Å². The Morgan fingerprint density at radius 2 is 2.20 bits per heavy atom. The van der Waals surface area contributed by atoms with E-state index in [4.69, 9.17) is 4.74 Å². The van der Waals surface area contributed by atoms with Gasteiger partial charge in [0, 0.05) is 50.8 Å². The zero-order chi connectivity index (χ0) is 14.4. The van der Waals surface area contributed by atoms with Gasteiger partial charge in [-0.1, -0.05) is 6.07 Å². The first-order valence-corrected chi connectivity index (χ1v) is 6.38. The molecule has 0 radical (unpaired) electrons. The maximum Gasteiger partial charge on any atom is 0.203 e. The summed E-state index contributed by atoms with van der Waals surface area (Å²) in [6.07, 6.45) is 4.39. The summed E-state index contributed by atoms with van der Waals surface area (Å²) in [5.41, 5.74) is 0.401. The number of benzene rings is 1. The highest BCUT2D eigenvalue weighted by atomic mass is 19.1. The number of ether oxygens (including phenoxy) is 1. The number of anilines is 1. The highest BCUT2D eigenvalue weighted by molar-refractivity contribution is 5.29. The highest BCUT2D eigenvalue weighted by Crippen LogP contribution is 2.12. The van der Waals surface area contributed by atoms with Crippen molar-refractivity contribution in [2.24, 2.45) is 0 Å². The Hall–Kier alpha value is -1.95. The number of aryl methyl sites for hydroxylation is 1. The SMILES string of the molecule is COCCCn1ccnc1NCc1ccc(F)cc1F. The summed E-state index contributed by atoms with van der Waals surface area (Å²) >= 11 is 0. The third-order valence-electron chi connectivity index (χ3n) is 2.92. The maximum absolute atomic E-state index is 13.5. The lowest BCUT2D eigenvalue weighted by molar-refractivity contribution is 0.190. The summed E-state index contributed by atoms with van der Waals surface area (Å²) in [5, 5.41) is 3.05. The Balaban J connectivity index is 1.95. The first-order chi connectivity index (χ1) is 9.70. The van der Waals surface area contributed by atoms with Crippen LogP contribution < -0.4 is 5.32 Å². The zero-order valence-electron chi connectivity index (χ0n) is 11.3. The van der Waals surface area contributed by atoms with Gasteiger partial charge in [0.2, 0.25) is 5.95 Å². The van der Waals surface area contributed by atoms with Crippen LogP contribution in [-0.4, -0.2) is 23.3 Å². The van der Waals surface area contributed by atoms with Crippen LogP contribution in [0.2, 0.25) is 0 Å². The van der Waals surface area contributed by atoms with Crippen LogP contribution in [0.1, 0.15) is 12.0 Å². The van der Waals surface area contributed by atoms with Crippen molar-refractivity contribution >= 4 is 5.95 Å². The Kier molecular flexibility index (Phi) is 5.06. The van der Waals surface area contributed by atoms with Crippen molar-refractivity contribution in [3.8, 4) is 0 Å². The minimum atomic E-state index is -0.577. The Morgan fingerprint density at radius 1 is 1.35 bits per heavy atom. The Labute approximate surface area is 116 Å². The third kappa shape index (κ3) is 3.77. The molecule has 0 saturated carbocycles. The second-order valence-electron chi connectivity index (χ2n) is 4.38. The summed E-state index contributed by atoms with van der Waals surface area (Å²) in [5.74, 6) is -0.480. The van der Waals surface area contributed by atoms with Gasteiger partial charge in [0.25, 0.3) is 0 Å². The predicted octanol–water partition coefficient (Wildman–Crippen LogP) is 2.81. The van der Waals surface area contributed by atoms with Crippen LogP contribution in [0.25, 0.3) is 0 Å². The van der Waals surface area contributed by atoms with Crippen molar-refractivity contribution < 1.29 is 13.5 Å². The molecule has 0 bridgehead atoms. The number of imidazole rings is 1.